The molecule has 49 heavy (non-hydrogen) atoms. The first kappa shape index (κ1) is 32.2. The average molecular weight is 816 g/mol. The molecule has 0 spiro atoms. The molecule has 5 aromatic carbocycles. The predicted molar refractivity (Wildman–Crippen MR) is 190 cm³/mol. The fourth-order valence-electron chi connectivity index (χ4n) is 7.17. The molecule has 0 radical (unpaired) electrons. The van der Waals surface area contributed by atoms with Crippen LogP contribution in [-0.4, -0.2) is 9.97 Å². The molecule has 2 aromatic heterocycles. The van der Waals surface area contributed by atoms with Crippen molar-refractivity contribution in [1.29, 1.82) is 0 Å². The van der Waals surface area contributed by atoms with Crippen LogP contribution in [0.4, 0.5) is 0 Å². The molecular weight excluding hydrogens is 784 g/mol. The summed E-state index contributed by atoms with van der Waals surface area (Å²) < 4.78 is 13.2. The Kier molecular flexibility index (Phi) is 8.75. The standard InChI is InChI=1S/C44H32N2O2.Pt/c1-29-23-30(2)43(31(3)24-29)33-25-32(39-17-8-10-21-45-39)26-36(27-33)47-35-14-12-13-34(28-35)44(42-20-9-11-22-46-42)37-15-4-6-18-40(37)48-41-19-7-5-16-38(41)44;/h4-25,27H,1-3H3;/q-2;+2. The number of nitrogens with zero attached hydrogens (tertiary/aromatic N) is 2. The van der Waals surface area contributed by atoms with E-state index >= 15 is 0 Å². The van der Waals surface area contributed by atoms with Crippen molar-refractivity contribution in [1.82, 2.24) is 9.97 Å². The van der Waals surface area contributed by atoms with Crippen molar-refractivity contribution < 1.29 is 30.5 Å². The Labute approximate surface area is 301 Å². The second-order valence-electron chi connectivity index (χ2n) is 12.2. The smallest absolute Gasteiger partial charge is 0.503 e. The van der Waals surface area contributed by atoms with Crippen molar-refractivity contribution >= 4 is 0 Å². The van der Waals surface area contributed by atoms with Gasteiger partial charge in [0.05, 0.1) is 11.1 Å². The van der Waals surface area contributed by atoms with E-state index in [0.29, 0.717) is 11.5 Å². The van der Waals surface area contributed by atoms with Gasteiger partial charge in [0.25, 0.3) is 0 Å². The van der Waals surface area contributed by atoms with E-state index in [0.717, 1.165) is 50.7 Å². The Morgan fingerprint density at radius 2 is 1.27 bits per heavy atom. The van der Waals surface area contributed by atoms with Crippen LogP contribution in [0.1, 0.15) is 39.1 Å². The van der Waals surface area contributed by atoms with Crippen LogP contribution < -0.4 is 9.47 Å². The molecule has 240 valence electrons. The molecule has 0 aliphatic carbocycles. The van der Waals surface area contributed by atoms with Crippen LogP contribution in [0.5, 0.6) is 23.0 Å². The summed E-state index contributed by atoms with van der Waals surface area (Å²) in [5, 5.41) is 0. The molecule has 0 saturated carbocycles. The van der Waals surface area contributed by atoms with Gasteiger partial charge in [0, 0.05) is 35.0 Å². The summed E-state index contributed by atoms with van der Waals surface area (Å²) >= 11 is 0. The Hall–Kier alpha value is -5.31. The first-order chi connectivity index (χ1) is 23.5. The third-order valence-corrected chi connectivity index (χ3v) is 8.99. The topological polar surface area (TPSA) is 44.2 Å². The van der Waals surface area contributed by atoms with Crippen molar-refractivity contribution in [3.8, 4) is 45.4 Å². The van der Waals surface area contributed by atoms with E-state index in [1.165, 1.54) is 22.3 Å². The van der Waals surface area contributed by atoms with Gasteiger partial charge < -0.3 is 14.5 Å². The van der Waals surface area contributed by atoms with Crippen molar-refractivity contribution in [2.75, 3.05) is 0 Å². The van der Waals surface area contributed by atoms with Gasteiger partial charge in [0.1, 0.15) is 11.5 Å². The van der Waals surface area contributed by atoms with Crippen molar-refractivity contribution in [2.45, 2.75) is 26.2 Å². The quantitative estimate of drug-likeness (QED) is 0.157. The zero-order valence-electron chi connectivity index (χ0n) is 27.3. The molecule has 1 aliphatic heterocycles. The molecule has 4 nitrogen and oxygen atoms in total. The van der Waals surface area contributed by atoms with Crippen LogP contribution >= 0.6 is 0 Å². The maximum atomic E-state index is 6.70. The molecule has 0 saturated heterocycles. The number of ether oxygens (including phenoxy) is 2. The van der Waals surface area contributed by atoms with Gasteiger partial charge in [0.15, 0.2) is 0 Å². The molecule has 1 aliphatic rings. The monoisotopic (exact) mass is 815 g/mol. The minimum atomic E-state index is -0.799. The molecule has 0 bridgehead atoms. The third kappa shape index (κ3) is 5.77. The van der Waals surface area contributed by atoms with Gasteiger partial charge in [-0.25, -0.2) is 0 Å². The van der Waals surface area contributed by atoms with Crippen molar-refractivity contribution in [2.24, 2.45) is 0 Å². The number of pyridine rings is 2. The van der Waals surface area contributed by atoms with Crippen molar-refractivity contribution in [3.05, 3.63) is 191 Å². The third-order valence-electron chi connectivity index (χ3n) is 8.99. The predicted octanol–water partition coefficient (Wildman–Crippen LogP) is 10.6. The summed E-state index contributed by atoms with van der Waals surface area (Å²) in [4.78, 5) is 9.58. The van der Waals surface area contributed by atoms with E-state index in [2.05, 4.69) is 86.4 Å². The SMILES string of the molecule is Cc1cc(C)c(-c2cc(Oc3[c-]c(C4(c5ccccn5)c5ccccc5Oc5ccccc54)ccc3)[c-]c(-c3ccccn3)c2)c(C)c1.[Pt+2]. The Bertz CT molecular complexity index is 2220. The molecule has 0 amide bonds. The maximum Gasteiger partial charge on any atom is 2.00 e. The number of rotatable bonds is 6. The van der Waals surface area contributed by atoms with E-state index < -0.39 is 5.41 Å². The number of hydrogen-bond donors (Lipinski definition) is 0. The number of para-hydroxylation sites is 2. The summed E-state index contributed by atoms with van der Waals surface area (Å²) in [5.41, 5.74) is 10.5. The molecule has 7 aromatic rings. The second kappa shape index (κ2) is 13.3. The average Bonchev–Trinajstić information content (AvgIpc) is 3.11. The first-order valence-electron chi connectivity index (χ1n) is 16.1. The largest absolute Gasteiger partial charge is 2.00 e. The van der Waals surface area contributed by atoms with Gasteiger partial charge in [0.2, 0.25) is 0 Å². The summed E-state index contributed by atoms with van der Waals surface area (Å²) in [7, 11) is 0. The Morgan fingerprint density at radius 3 is 1.92 bits per heavy atom. The van der Waals surface area contributed by atoms with Gasteiger partial charge in [-0.2, -0.15) is 12.1 Å². The van der Waals surface area contributed by atoms with E-state index in [-0.39, 0.29) is 21.1 Å². The maximum absolute atomic E-state index is 6.70. The summed E-state index contributed by atoms with van der Waals surface area (Å²) in [6.07, 6.45) is 3.64. The molecule has 3 heterocycles. The Morgan fingerprint density at radius 1 is 0.612 bits per heavy atom. The molecule has 5 heteroatoms. The zero-order chi connectivity index (χ0) is 32.7. The van der Waals surface area contributed by atoms with Gasteiger partial charge >= 0.3 is 21.1 Å². The summed E-state index contributed by atoms with van der Waals surface area (Å²) in [6.45, 7) is 6.45. The number of aromatic nitrogens is 2. The van der Waals surface area contributed by atoms with E-state index in [9.17, 15) is 0 Å². The minimum absolute atomic E-state index is 0. The van der Waals surface area contributed by atoms with Gasteiger partial charge in [-0.3, -0.25) is 4.98 Å². The molecule has 0 unspecified atom stereocenters. The summed E-state index contributed by atoms with van der Waals surface area (Å²) in [6, 6.07) is 50.2. The minimum Gasteiger partial charge on any atom is -0.503 e. The number of benzene rings is 5. The van der Waals surface area contributed by atoms with Crippen LogP contribution in [0.15, 0.2) is 140 Å². The molecular formula is C44H32N2O2Pt. The first-order valence-corrected chi connectivity index (χ1v) is 16.1. The van der Waals surface area contributed by atoms with Crippen molar-refractivity contribution in [3.63, 3.8) is 0 Å². The molecule has 0 N–H and O–H groups in total. The molecule has 0 atom stereocenters. The van der Waals surface area contributed by atoms with Crippen LogP contribution in [0.25, 0.3) is 22.4 Å². The number of hydrogen-bond acceptors (Lipinski definition) is 4. The van der Waals surface area contributed by atoms with E-state index in [1.807, 2.05) is 85.1 Å². The zero-order valence-corrected chi connectivity index (χ0v) is 29.6. The number of aryl methyl sites for hydroxylation is 3. The van der Waals surface area contributed by atoms with Gasteiger partial charge in [-0.05, 0) is 73.5 Å². The second-order valence-corrected chi connectivity index (χ2v) is 12.2. The normalized spacial score (nSPS) is 12.6. The number of fused-ring (bicyclic) bond motifs is 2. The van der Waals surface area contributed by atoms with Gasteiger partial charge in [-0.15, -0.1) is 29.3 Å². The molecule has 8 rings (SSSR count). The molecule has 0 fully saturated rings. The van der Waals surface area contributed by atoms with Crippen LogP contribution in [0.2, 0.25) is 0 Å². The van der Waals surface area contributed by atoms with E-state index in [1.54, 1.807) is 6.20 Å². The summed E-state index contributed by atoms with van der Waals surface area (Å²) in [5.74, 6) is 2.72. The van der Waals surface area contributed by atoms with Crippen LogP contribution in [-0.2, 0) is 26.5 Å². The fraction of sp³-hybridized carbons (Fsp3) is 0.0909. The van der Waals surface area contributed by atoms with Gasteiger partial charge in [-0.1, -0.05) is 90.0 Å². The fourth-order valence-corrected chi connectivity index (χ4v) is 7.17. The van der Waals surface area contributed by atoms with Crippen LogP contribution in [0, 0.1) is 32.9 Å². The van der Waals surface area contributed by atoms with Crippen LogP contribution in [0.3, 0.4) is 0 Å². The Balaban J connectivity index is 0.00000378. The van der Waals surface area contributed by atoms with E-state index in [4.69, 9.17) is 14.5 Å².